The van der Waals surface area contributed by atoms with Crippen molar-refractivity contribution >= 4 is 0 Å². The molecule has 9 rings (SSSR count). The quantitative estimate of drug-likeness (QED) is 0.359. The fourth-order valence-corrected chi connectivity index (χ4v) is 13.3. The Morgan fingerprint density at radius 1 is 0.692 bits per heavy atom. The first-order valence-corrected chi connectivity index (χ1v) is 17.0. The highest BCUT2D eigenvalue weighted by Gasteiger charge is 2.72. The van der Waals surface area contributed by atoms with Crippen molar-refractivity contribution in [3.8, 4) is 0 Å². The first kappa shape index (κ1) is 24.0. The van der Waals surface area contributed by atoms with E-state index in [0.717, 1.165) is 47.3 Å². The lowest BCUT2D eigenvalue weighted by atomic mass is 9.56. The van der Waals surface area contributed by atoms with Crippen LogP contribution in [0.1, 0.15) is 90.9 Å². The number of hydrogen-bond acceptors (Lipinski definition) is 1. The number of allylic oxidation sites excluding steroid dienone is 9. The molecule has 39 heavy (non-hydrogen) atoms. The van der Waals surface area contributed by atoms with E-state index in [1.807, 2.05) is 0 Å². The van der Waals surface area contributed by atoms with Gasteiger partial charge in [0.1, 0.15) is 0 Å². The van der Waals surface area contributed by atoms with Crippen molar-refractivity contribution in [2.75, 3.05) is 0 Å². The highest BCUT2D eigenvalue weighted by atomic mass is 15.0. The molecule has 0 bridgehead atoms. The van der Waals surface area contributed by atoms with E-state index < -0.39 is 0 Å². The van der Waals surface area contributed by atoms with Crippen molar-refractivity contribution in [3.63, 3.8) is 0 Å². The summed E-state index contributed by atoms with van der Waals surface area (Å²) in [5, 5.41) is 4.25. The van der Waals surface area contributed by atoms with E-state index in [4.69, 9.17) is 0 Å². The van der Waals surface area contributed by atoms with Crippen LogP contribution in [0, 0.1) is 58.2 Å². The zero-order valence-corrected chi connectivity index (χ0v) is 24.4. The number of fused-ring (bicyclic) bond motifs is 11. The monoisotopic (exact) mass is 519 g/mol. The summed E-state index contributed by atoms with van der Waals surface area (Å²) in [5.74, 6) is 7.24. The van der Waals surface area contributed by atoms with Crippen LogP contribution in [0.5, 0.6) is 0 Å². The first-order chi connectivity index (χ1) is 19.1. The zero-order chi connectivity index (χ0) is 25.9. The minimum atomic E-state index is 0.270. The van der Waals surface area contributed by atoms with E-state index in [9.17, 15) is 0 Å². The lowest BCUT2D eigenvalue weighted by Crippen LogP contribution is -2.47. The fourth-order valence-electron chi connectivity index (χ4n) is 13.3. The molecular weight excluding hydrogens is 470 g/mol. The van der Waals surface area contributed by atoms with Gasteiger partial charge in [0.25, 0.3) is 0 Å². The van der Waals surface area contributed by atoms with Gasteiger partial charge in [-0.3, -0.25) is 0 Å². The largest absolute Gasteiger partial charge is 0.304 e. The Labute approximate surface area is 237 Å². The van der Waals surface area contributed by atoms with Crippen LogP contribution in [0.4, 0.5) is 0 Å². The Kier molecular flexibility index (Phi) is 5.22. The second-order valence-electron chi connectivity index (χ2n) is 15.7. The van der Waals surface area contributed by atoms with Gasteiger partial charge < -0.3 is 5.32 Å². The minimum absolute atomic E-state index is 0.270. The maximum atomic E-state index is 4.25. The van der Waals surface area contributed by atoms with Crippen LogP contribution in [0.3, 0.4) is 0 Å². The van der Waals surface area contributed by atoms with Crippen molar-refractivity contribution in [3.05, 3.63) is 70.9 Å². The van der Waals surface area contributed by atoms with Crippen LogP contribution in [-0.4, -0.2) is 12.1 Å². The molecule has 1 spiro atoms. The van der Waals surface area contributed by atoms with Gasteiger partial charge >= 0.3 is 0 Å². The van der Waals surface area contributed by atoms with E-state index in [1.165, 1.54) is 77.0 Å². The average molecular weight is 520 g/mol. The van der Waals surface area contributed by atoms with Crippen LogP contribution in [0.25, 0.3) is 0 Å². The Morgan fingerprint density at radius 3 is 2.28 bits per heavy atom. The summed E-state index contributed by atoms with van der Waals surface area (Å²) in [6.07, 6.45) is 37.7. The number of hydrogen-bond donors (Lipinski definition) is 1. The first-order valence-electron chi connectivity index (χ1n) is 17.0. The maximum absolute atomic E-state index is 4.25. The molecule has 0 amide bonds. The summed E-state index contributed by atoms with van der Waals surface area (Å²) in [4.78, 5) is 0. The van der Waals surface area contributed by atoms with Gasteiger partial charge in [0.2, 0.25) is 0 Å². The molecule has 1 nitrogen and oxygen atoms in total. The molecule has 0 aromatic carbocycles. The lowest BCUT2D eigenvalue weighted by Gasteiger charge is -2.48. The van der Waals surface area contributed by atoms with Gasteiger partial charge in [-0.25, -0.2) is 0 Å². The van der Waals surface area contributed by atoms with Crippen molar-refractivity contribution in [1.29, 1.82) is 0 Å². The fraction of sp³-hybridized carbons (Fsp3) is 0.684. The summed E-state index contributed by atoms with van der Waals surface area (Å²) in [6, 6.07) is 1.01. The third-order valence-electron chi connectivity index (χ3n) is 14.3. The molecule has 0 heterocycles. The van der Waals surface area contributed by atoms with E-state index in [2.05, 4.69) is 67.8 Å². The molecule has 4 fully saturated rings. The Hall–Kier alpha value is -1.60. The Morgan fingerprint density at radius 2 is 1.46 bits per heavy atom. The third-order valence-corrected chi connectivity index (χ3v) is 14.3. The molecule has 9 aliphatic carbocycles. The van der Waals surface area contributed by atoms with Gasteiger partial charge in [-0.2, -0.15) is 0 Å². The van der Waals surface area contributed by atoms with E-state index in [0.29, 0.717) is 17.5 Å². The molecule has 9 aliphatic rings. The predicted octanol–water partition coefficient (Wildman–Crippen LogP) is 8.88. The SMILES string of the molecule is CC1(C)C2=C(C=CC(NC3C=CC4C5C=CC=CC5C5(C4C3)C3CCCC3C3CCCC35)C2)C2=C1CCCC2. The standard InChI is InChI=1S/C38H49N/c1-37(2)31-13-5-3-9-25(31)29-19-17-23(21-35(29)37)39-24-18-20-30-26-10-4-6-14-32(26)38(36(30)22-24)33-15-7-11-27(33)28-12-8-16-34(28)38/h4,6,10,14,17-20,23-24,26-28,30,32-34,36,39H,3,5,7-9,11-13,15-16,21-22H2,1-2H3. The van der Waals surface area contributed by atoms with Gasteiger partial charge in [-0.1, -0.05) is 86.4 Å². The van der Waals surface area contributed by atoms with Gasteiger partial charge in [-0.15, -0.1) is 0 Å². The molecule has 10 unspecified atom stereocenters. The second kappa shape index (κ2) is 8.47. The Bertz CT molecular complexity index is 1230. The summed E-state index contributed by atoms with van der Waals surface area (Å²) < 4.78 is 0. The molecule has 4 saturated carbocycles. The topological polar surface area (TPSA) is 12.0 Å². The molecule has 0 saturated heterocycles. The molecular formula is C38H49N. The van der Waals surface area contributed by atoms with Gasteiger partial charge in [0.05, 0.1) is 0 Å². The van der Waals surface area contributed by atoms with E-state index >= 15 is 0 Å². The summed E-state index contributed by atoms with van der Waals surface area (Å²) in [6.45, 7) is 5.05. The van der Waals surface area contributed by atoms with Crippen molar-refractivity contribution in [1.82, 2.24) is 5.32 Å². The molecule has 1 heteroatoms. The molecule has 206 valence electrons. The normalized spacial score (nSPS) is 49.9. The van der Waals surface area contributed by atoms with Crippen molar-refractivity contribution in [2.45, 2.75) is 103 Å². The van der Waals surface area contributed by atoms with Crippen molar-refractivity contribution in [2.24, 2.45) is 58.2 Å². The smallest absolute Gasteiger partial charge is 0.0296 e. The lowest BCUT2D eigenvalue weighted by molar-refractivity contribution is 0.0168. The van der Waals surface area contributed by atoms with Crippen LogP contribution in [0.2, 0.25) is 0 Å². The van der Waals surface area contributed by atoms with Gasteiger partial charge in [-0.05, 0) is 128 Å². The van der Waals surface area contributed by atoms with Gasteiger partial charge in [0, 0.05) is 17.5 Å². The average Bonchev–Trinajstić information content (AvgIpc) is 3.75. The summed E-state index contributed by atoms with van der Waals surface area (Å²) in [5.41, 5.74) is 7.72. The molecule has 10 atom stereocenters. The number of rotatable bonds is 2. The van der Waals surface area contributed by atoms with Gasteiger partial charge in [0.15, 0.2) is 0 Å². The van der Waals surface area contributed by atoms with Crippen molar-refractivity contribution < 1.29 is 0 Å². The molecule has 0 aromatic heterocycles. The second-order valence-corrected chi connectivity index (χ2v) is 15.7. The third kappa shape index (κ3) is 3.07. The minimum Gasteiger partial charge on any atom is -0.304 e. The molecule has 0 radical (unpaired) electrons. The van der Waals surface area contributed by atoms with Crippen LogP contribution >= 0.6 is 0 Å². The van der Waals surface area contributed by atoms with E-state index in [1.54, 1.807) is 22.3 Å². The predicted molar refractivity (Wildman–Crippen MR) is 161 cm³/mol. The Balaban J connectivity index is 1.01. The highest BCUT2D eigenvalue weighted by molar-refractivity contribution is 5.60. The summed E-state index contributed by atoms with van der Waals surface area (Å²) >= 11 is 0. The zero-order valence-electron chi connectivity index (χ0n) is 24.4. The maximum Gasteiger partial charge on any atom is 0.0296 e. The molecule has 1 N–H and O–H groups in total. The van der Waals surface area contributed by atoms with Crippen LogP contribution in [-0.2, 0) is 0 Å². The van der Waals surface area contributed by atoms with Crippen LogP contribution < -0.4 is 5.32 Å². The summed E-state index contributed by atoms with van der Waals surface area (Å²) in [7, 11) is 0. The molecule has 0 aliphatic heterocycles. The molecule has 0 aromatic rings. The number of nitrogens with one attached hydrogen (secondary N) is 1. The highest BCUT2D eigenvalue weighted by Crippen LogP contribution is 2.77. The van der Waals surface area contributed by atoms with Crippen LogP contribution in [0.15, 0.2) is 70.9 Å². The van der Waals surface area contributed by atoms with E-state index in [-0.39, 0.29) is 5.41 Å².